The highest BCUT2D eigenvalue weighted by Gasteiger charge is 2.16. The Balaban J connectivity index is 2.98. The van der Waals surface area contributed by atoms with Gasteiger partial charge in [-0.15, -0.1) is 0 Å². The summed E-state index contributed by atoms with van der Waals surface area (Å²) >= 11 is 3.30. The maximum atomic E-state index is 10.1. The van der Waals surface area contributed by atoms with E-state index in [1.54, 1.807) is 20.3 Å². The van der Waals surface area contributed by atoms with Gasteiger partial charge in [-0.2, -0.15) is 0 Å². The van der Waals surface area contributed by atoms with Crippen LogP contribution >= 0.6 is 15.9 Å². The van der Waals surface area contributed by atoms with Crippen LogP contribution < -0.4 is 9.47 Å². The number of rotatable bonds is 2. The van der Waals surface area contributed by atoms with Crippen LogP contribution in [0.25, 0.3) is 10.8 Å². The molecule has 0 spiro atoms. The Hall–Kier alpha value is -1.42. The zero-order valence-electron chi connectivity index (χ0n) is 9.87. The van der Waals surface area contributed by atoms with Gasteiger partial charge in [0.2, 0.25) is 0 Å². The Morgan fingerprint density at radius 3 is 2.47 bits per heavy atom. The van der Waals surface area contributed by atoms with Crippen LogP contribution in [0.15, 0.2) is 22.7 Å². The molecule has 0 fully saturated rings. The lowest BCUT2D eigenvalue weighted by atomic mass is 10.0. The molecule has 4 heteroatoms. The maximum absolute atomic E-state index is 10.1. The summed E-state index contributed by atoms with van der Waals surface area (Å²) in [6.07, 6.45) is 0. The molecule has 1 N–H and O–H groups in total. The van der Waals surface area contributed by atoms with Crippen molar-refractivity contribution in [3.63, 3.8) is 0 Å². The topological polar surface area (TPSA) is 38.7 Å². The molecule has 0 radical (unpaired) electrons. The Morgan fingerprint density at radius 1 is 1.18 bits per heavy atom. The second-order valence-corrected chi connectivity index (χ2v) is 4.60. The third-order valence-corrected chi connectivity index (χ3v) is 3.39. The maximum Gasteiger partial charge on any atom is 0.141 e. The van der Waals surface area contributed by atoms with E-state index < -0.39 is 0 Å². The molecule has 0 amide bonds. The molecule has 0 aliphatic heterocycles. The molecule has 2 aromatic carbocycles. The van der Waals surface area contributed by atoms with E-state index in [2.05, 4.69) is 15.9 Å². The van der Waals surface area contributed by atoms with Crippen molar-refractivity contribution in [1.29, 1.82) is 0 Å². The first-order valence-electron chi connectivity index (χ1n) is 5.13. The molecule has 0 aliphatic rings. The normalized spacial score (nSPS) is 10.6. The van der Waals surface area contributed by atoms with Crippen molar-refractivity contribution >= 4 is 26.7 Å². The summed E-state index contributed by atoms with van der Waals surface area (Å²) in [5, 5.41) is 11.6. The first kappa shape index (κ1) is 12.0. The van der Waals surface area contributed by atoms with Gasteiger partial charge in [-0.3, -0.25) is 0 Å². The predicted octanol–water partition coefficient (Wildman–Crippen LogP) is 3.63. The zero-order chi connectivity index (χ0) is 12.6. The summed E-state index contributed by atoms with van der Waals surface area (Å²) in [5.74, 6) is 1.56. The molecule has 0 unspecified atom stereocenters. The Morgan fingerprint density at radius 2 is 1.88 bits per heavy atom. The standard InChI is InChI=1S/C13H13BrO3/c1-7-6-10(16-2)8-4-5-9(14)12(15)11(8)13(7)17-3/h4-6,15H,1-3H3. The van der Waals surface area contributed by atoms with Gasteiger partial charge in [-0.1, -0.05) is 0 Å². The molecule has 2 rings (SSSR count). The number of benzene rings is 2. The van der Waals surface area contributed by atoms with Crippen LogP contribution in [0.4, 0.5) is 0 Å². The molecule has 0 bridgehead atoms. The number of aromatic hydroxyl groups is 1. The van der Waals surface area contributed by atoms with Crippen LogP contribution in [-0.4, -0.2) is 19.3 Å². The summed E-state index contributed by atoms with van der Waals surface area (Å²) in [7, 11) is 3.20. The van der Waals surface area contributed by atoms with E-state index in [-0.39, 0.29) is 5.75 Å². The van der Waals surface area contributed by atoms with Crippen molar-refractivity contribution in [2.24, 2.45) is 0 Å². The summed E-state index contributed by atoms with van der Waals surface area (Å²) < 4.78 is 11.3. The number of phenols is 1. The van der Waals surface area contributed by atoms with Crippen molar-refractivity contribution in [3.05, 3.63) is 28.2 Å². The van der Waals surface area contributed by atoms with E-state index in [0.717, 1.165) is 16.7 Å². The number of phenolic OH excluding ortho intramolecular Hbond substituents is 1. The number of fused-ring (bicyclic) bond motifs is 1. The second kappa shape index (κ2) is 4.45. The third kappa shape index (κ3) is 1.82. The third-order valence-electron chi connectivity index (χ3n) is 2.75. The van der Waals surface area contributed by atoms with Crippen molar-refractivity contribution in [2.45, 2.75) is 6.92 Å². The molecule has 0 saturated heterocycles. The van der Waals surface area contributed by atoms with Crippen molar-refractivity contribution in [1.82, 2.24) is 0 Å². The van der Waals surface area contributed by atoms with Crippen molar-refractivity contribution in [2.75, 3.05) is 14.2 Å². The summed E-state index contributed by atoms with van der Waals surface area (Å²) in [4.78, 5) is 0. The molecule has 0 heterocycles. The van der Waals surface area contributed by atoms with E-state index in [4.69, 9.17) is 9.47 Å². The smallest absolute Gasteiger partial charge is 0.141 e. The average molecular weight is 297 g/mol. The molecule has 17 heavy (non-hydrogen) atoms. The van der Waals surface area contributed by atoms with Crippen LogP contribution in [0.3, 0.4) is 0 Å². The van der Waals surface area contributed by atoms with Gasteiger partial charge in [0.1, 0.15) is 17.2 Å². The fraction of sp³-hybridized carbons (Fsp3) is 0.231. The van der Waals surface area contributed by atoms with Gasteiger partial charge in [-0.05, 0) is 46.6 Å². The number of hydrogen-bond acceptors (Lipinski definition) is 3. The van der Waals surface area contributed by atoms with Crippen LogP contribution in [0.5, 0.6) is 17.2 Å². The van der Waals surface area contributed by atoms with E-state index >= 15 is 0 Å². The monoisotopic (exact) mass is 296 g/mol. The lowest BCUT2D eigenvalue weighted by molar-refractivity contribution is 0.405. The molecule has 0 atom stereocenters. The molecule has 3 nitrogen and oxygen atoms in total. The Labute approximate surface area is 108 Å². The number of hydrogen-bond donors (Lipinski definition) is 1. The summed E-state index contributed by atoms with van der Waals surface area (Å²) in [6, 6.07) is 5.57. The molecule has 90 valence electrons. The first-order valence-corrected chi connectivity index (χ1v) is 5.92. The van der Waals surface area contributed by atoms with Gasteiger partial charge in [-0.25, -0.2) is 0 Å². The van der Waals surface area contributed by atoms with Crippen molar-refractivity contribution in [3.8, 4) is 17.2 Å². The van der Waals surface area contributed by atoms with Crippen molar-refractivity contribution < 1.29 is 14.6 Å². The molecule has 0 aromatic heterocycles. The molecule has 0 aliphatic carbocycles. The van der Waals surface area contributed by atoms with Crippen LogP contribution in [0.2, 0.25) is 0 Å². The SMILES string of the molecule is COc1cc(C)c(OC)c2c(O)c(Br)ccc12. The van der Waals surface area contributed by atoms with Crippen LogP contribution in [0.1, 0.15) is 5.56 Å². The molecular formula is C13H13BrO3. The minimum absolute atomic E-state index is 0.168. The highest BCUT2D eigenvalue weighted by molar-refractivity contribution is 9.10. The summed E-state index contributed by atoms with van der Waals surface area (Å²) in [5.41, 5.74) is 0.922. The molecular weight excluding hydrogens is 284 g/mol. The fourth-order valence-corrected chi connectivity index (χ4v) is 2.30. The van der Waals surface area contributed by atoms with Gasteiger partial charge < -0.3 is 14.6 Å². The molecule has 2 aromatic rings. The predicted molar refractivity (Wildman–Crippen MR) is 71.2 cm³/mol. The highest BCUT2D eigenvalue weighted by atomic mass is 79.9. The fourth-order valence-electron chi connectivity index (χ4n) is 1.97. The number of methoxy groups -OCH3 is 2. The largest absolute Gasteiger partial charge is 0.506 e. The lowest BCUT2D eigenvalue weighted by Gasteiger charge is -2.14. The van der Waals surface area contributed by atoms with Crippen LogP contribution in [0, 0.1) is 6.92 Å². The highest BCUT2D eigenvalue weighted by Crippen LogP contribution is 2.44. The van der Waals surface area contributed by atoms with E-state index in [0.29, 0.717) is 15.6 Å². The van der Waals surface area contributed by atoms with Gasteiger partial charge in [0.05, 0.1) is 24.1 Å². The summed E-state index contributed by atoms with van der Waals surface area (Å²) in [6.45, 7) is 1.92. The molecule has 0 saturated carbocycles. The van der Waals surface area contributed by atoms with Gasteiger partial charge >= 0.3 is 0 Å². The van der Waals surface area contributed by atoms with E-state index in [1.165, 1.54) is 0 Å². The van der Waals surface area contributed by atoms with E-state index in [1.807, 2.05) is 19.1 Å². The van der Waals surface area contributed by atoms with Gasteiger partial charge in [0.25, 0.3) is 0 Å². The Bertz CT molecular complexity index is 579. The number of aryl methyl sites for hydroxylation is 1. The number of ether oxygens (including phenoxy) is 2. The van der Waals surface area contributed by atoms with Gasteiger partial charge in [0.15, 0.2) is 0 Å². The number of halogens is 1. The Kier molecular flexibility index (Phi) is 3.15. The zero-order valence-corrected chi connectivity index (χ0v) is 11.5. The van der Waals surface area contributed by atoms with Crippen LogP contribution in [-0.2, 0) is 0 Å². The van der Waals surface area contributed by atoms with E-state index in [9.17, 15) is 5.11 Å². The van der Waals surface area contributed by atoms with Gasteiger partial charge in [0, 0.05) is 5.39 Å². The first-order chi connectivity index (χ1) is 8.10. The second-order valence-electron chi connectivity index (χ2n) is 3.75. The minimum Gasteiger partial charge on any atom is -0.506 e. The lowest BCUT2D eigenvalue weighted by Crippen LogP contribution is -1.93. The minimum atomic E-state index is 0.168. The average Bonchev–Trinajstić information content (AvgIpc) is 2.33. The quantitative estimate of drug-likeness (QED) is 0.920.